The second-order valence-corrected chi connectivity index (χ2v) is 6.08. The van der Waals surface area contributed by atoms with Gasteiger partial charge in [0.1, 0.15) is 0 Å². The molecule has 0 radical (unpaired) electrons. The zero-order valence-corrected chi connectivity index (χ0v) is 12.9. The molecule has 0 unspecified atom stereocenters. The molecule has 1 aromatic rings. The highest BCUT2D eigenvalue weighted by Crippen LogP contribution is 2.32. The first-order valence-electron chi connectivity index (χ1n) is 7.05. The second-order valence-electron chi connectivity index (χ2n) is 5.06. The van der Waals surface area contributed by atoms with Crippen LogP contribution in [-0.4, -0.2) is 47.8 Å². The molecule has 2 rings (SSSR count). The van der Waals surface area contributed by atoms with Crippen molar-refractivity contribution in [2.75, 3.05) is 31.3 Å². The maximum atomic E-state index is 12.3. The van der Waals surface area contributed by atoms with E-state index in [0.717, 1.165) is 29.8 Å². The predicted molar refractivity (Wildman–Crippen MR) is 83.7 cm³/mol. The Morgan fingerprint density at radius 1 is 1.38 bits per heavy atom. The van der Waals surface area contributed by atoms with E-state index in [1.54, 1.807) is 24.1 Å². The molecule has 5 nitrogen and oxygen atoms in total. The van der Waals surface area contributed by atoms with E-state index >= 15 is 0 Å². The Labute approximate surface area is 128 Å². The first-order valence-corrected chi connectivity index (χ1v) is 8.03. The minimum atomic E-state index is -0.0494. The van der Waals surface area contributed by atoms with Gasteiger partial charge in [0, 0.05) is 30.7 Å². The monoisotopic (exact) mass is 308 g/mol. The fourth-order valence-corrected chi connectivity index (χ4v) is 2.96. The minimum absolute atomic E-state index is 0.0329. The summed E-state index contributed by atoms with van der Waals surface area (Å²) in [5.74, 6) is 0.339. The van der Waals surface area contributed by atoms with Crippen molar-refractivity contribution in [3.8, 4) is 0 Å². The largest absolute Gasteiger partial charge is 0.396 e. The molecule has 1 aliphatic rings. The molecule has 1 aromatic carbocycles. The summed E-state index contributed by atoms with van der Waals surface area (Å²) >= 11 is 1.48. The van der Waals surface area contributed by atoms with Crippen molar-refractivity contribution in [1.82, 2.24) is 4.90 Å². The summed E-state index contributed by atoms with van der Waals surface area (Å²) in [7, 11) is 1.77. The van der Waals surface area contributed by atoms with E-state index < -0.39 is 0 Å². The van der Waals surface area contributed by atoms with Crippen molar-refractivity contribution >= 4 is 29.3 Å². The van der Waals surface area contributed by atoms with Gasteiger partial charge in [-0.15, -0.1) is 11.8 Å². The summed E-state index contributed by atoms with van der Waals surface area (Å²) in [6, 6.07) is 5.42. The summed E-state index contributed by atoms with van der Waals surface area (Å²) in [5, 5.41) is 11.5. The van der Waals surface area contributed by atoms with E-state index in [9.17, 15) is 9.59 Å². The molecule has 2 N–H and O–H groups in total. The number of nitrogens with one attached hydrogen (secondary N) is 1. The molecule has 6 heteroatoms. The predicted octanol–water partition coefficient (Wildman–Crippen LogP) is 1.97. The number of hydrogen-bond acceptors (Lipinski definition) is 4. The van der Waals surface area contributed by atoms with Crippen molar-refractivity contribution in [3.05, 3.63) is 23.8 Å². The highest BCUT2D eigenvalue weighted by Gasteiger charge is 2.18. The van der Waals surface area contributed by atoms with Crippen LogP contribution in [0.3, 0.4) is 0 Å². The molecule has 1 heterocycles. The molecule has 0 bridgehead atoms. The van der Waals surface area contributed by atoms with Crippen molar-refractivity contribution in [2.45, 2.75) is 24.2 Å². The lowest BCUT2D eigenvalue weighted by Gasteiger charge is -2.20. The molecule has 21 heavy (non-hydrogen) atoms. The van der Waals surface area contributed by atoms with Crippen LogP contribution in [0.25, 0.3) is 0 Å². The van der Waals surface area contributed by atoms with Crippen LogP contribution >= 0.6 is 11.8 Å². The maximum Gasteiger partial charge on any atom is 0.253 e. The Kier molecular flexibility index (Phi) is 5.64. The molecule has 1 aliphatic heterocycles. The number of unbranched alkanes of at least 4 members (excludes halogenated alkanes) is 2. The first-order chi connectivity index (χ1) is 10.1. The molecule has 114 valence electrons. The second kappa shape index (κ2) is 7.47. The van der Waals surface area contributed by atoms with Crippen LogP contribution in [-0.2, 0) is 4.79 Å². The molecular weight excluding hydrogens is 288 g/mol. The topological polar surface area (TPSA) is 69.6 Å². The third kappa shape index (κ3) is 4.22. The average Bonchev–Trinajstić information content (AvgIpc) is 2.49. The van der Waals surface area contributed by atoms with Gasteiger partial charge in [0.15, 0.2) is 0 Å². The number of fused-ring (bicyclic) bond motifs is 1. The zero-order chi connectivity index (χ0) is 15.2. The molecule has 0 aliphatic carbocycles. The number of amides is 2. The summed E-state index contributed by atoms with van der Waals surface area (Å²) in [6.07, 6.45) is 2.55. The number of aliphatic hydroxyl groups is 1. The molecule has 0 spiro atoms. The Bertz CT molecular complexity index is 534. The Morgan fingerprint density at radius 2 is 2.19 bits per heavy atom. The number of benzene rings is 1. The third-order valence-electron chi connectivity index (χ3n) is 3.36. The maximum absolute atomic E-state index is 12.3. The number of aliphatic hydroxyl groups excluding tert-OH is 1. The summed E-state index contributed by atoms with van der Waals surface area (Å²) < 4.78 is 0. The fraction of sp³-hybridized carbons (Fsp3) is 0.467. The Hall–Kier alpha value is -1.53. The van der Waals surface area contributed by atoms with Crippen molar-refractivity contribution in [2.24, 2.45) is 0 Å². The molecule has 0 aromatic heterocycles. The number of hydrogen-bond donors (Lipinski definition) is 2. The number of carbonyl (C=O) groups is 2. The van der Waals surface area contributed by atoms with Crippen molar-refractivity contribution in [3.63, 3.8) is 0 Å². The summed E-state index contributed by atoms with van der Waals surface area (Å²) in [5.41, 5.74) is 1.30. The molecule has 2 amide bonds. The highest BCUT2D eigenvalue weighted by atomic mass is 32.2. The van der Waals surface area contributed by atoms with Gasteiger partial charge in [0.05, 0.1) is 11.4 Å². The number of rotatable bonds is 6. The van der Waals surface area contributed by atoms with E-state index in [1.165, 1.54) is 11.8 Å². The zero-order valence-electron chi connectivity index (χ0n) is 12.1. The van der Waals surface area contributed by atoms with E-state index in [4.69, 9.17) is 5.11 Å². The van der Waals surface area contributed by atoms with E-state index in [-0.39, 0.29) is 18.4 Å². The van der Waals surface area contributed by atoms with Gasteiger partial charge in [-0.1, -0.05) is 0 Å². The Morgan fingerprint density at radius 3 is 2.95 bits per heavy atom. The molecular formula is C15H20N2O3S. The highest BCUT2D eigenvalue weighted by molar-refractivity contribution is 8.00. The SMILES string of the molecule is CN(CCCCCO)C(=O)c1ccc2c(c1)NC(=O)CS2. The average molecular weight is 308 g/mol. The van der Waals surface area contributed by atoms with Gasteiger partial charge in [0.2, 0.25) is 5.91 Å². The third-order valence-corrected chi connectivity index (χ3v) is 4.43. The van der Waals surface area contributed by atoms with Crippen LogP contribution in [0, 0.1) is 0 Å². The lowest BCUT2D eigenvalue weighted by atomic mass is 10.1. The fourth-order valence-electron chi connectivity index (χ4n) is 2.18. The van der Waals surface area contributed by atoms with Crippen LogP contribution in [0.1, 0.15) is 29.6 Å². The van der Waals surface area contributed by atoms with Gasteiger partial charge >= 0.3 is 0 Å². The van der Waals surface area contributed by atoms with Gasteiger partial charge in [-0.3, -0.25) is 9.59 Å². The lowest BCUT2D eigenvalue weighted by molar-refractivity contribution is -0.113. The van der Waals surface area contributed by atoms with Crippen LogP contribution in [0.5, 0.6) is 0 Å². The minimum Gasteiger partial charge on any atom is -0.396 e. The normalized spacial score (nSPS) is 13.5. The van der Waals surface area contributed by atoms with E-state index in [1.807, 2.05) is 6.07 Å². The first kappa shape index (κ1) is 15.9. The van der Waals surface area contributed by atoms with Crippen LogP contribution < -0.4 is 5.32 Å². The molecule has 0 fully saturated rings. The quantitative estimate of drug-likeness (QED) is 0.788. The van der Waals surface area contributed by atoms with Gasteiger partial charge < -0.3 is 15.3 Å². The van der Waals surface area contributed by atoms with Gasteiger partial charge in [0.25, 0.3) is 5.91 Å². The number of carbonyl (C=O) groups excluding carboxylic acids is 2. The van der Waals surface area contributed by atoms with E-state index in [2.05, 4.69) is 5.32 Å². The van der Waals surface area contributed by atoms with Gasteiger partial charge in [-0.25, -0.2) is 0 Å². The van der Waals surface area contributed by atoms with Gasteiger partial charge in [-0.2, -0.15) is 0 Å². The van der Waals surface area contributed by atoms with Crippen LogP contribution in [0.4, 0.5) is 5.69 Å². The van der Waals surface area contributed by atoms with Crippen molar-refractivity contribution in [1.29, 1.82) is 0 Å². The molecule has 0 saturated carbocycles. The number of nitrogens with zero attached hydrogens (tertiary/aromatic N) is 1. The summed E-state index contributed by atoms with van der Waals surface area (Å²) in [6.45, 7) is 0.858. The number of anilines is 1. The van der Waals surface area contributed by atoms with E-state index in [0.29, 0.717) is 17.9 Å². The lowest BCUT2D eigenvalue weighted by Crippen LogP contribution is -2.28. The summed E-state index contributed by atoms with van der Waals surface area (Å²) in [4.78, 5) is 26.4. The van der Waals surface area contributed by atoms with Gasteiger partial charge in [-0.05, 0) is 37.5 Å². The molecule has 0 atom stereocenters. The van der Waals surface area contributed by atoms with Crippen molar-refractivity contribution < 1.29 is 14.7 Å². The number of thioether (sulfide) groups is 1. The molecule has 0 saturated heterocycles. The van der Waals surface area contributed by atoms with Crippen LogP contribution in [0.15, 0.2) is 23.1 Å². The Balaban J connectivity index is 1.99. The standard InChI is InChI=1S/C15H20N2O3S/c1-17(7-3-2-4-8-18)15(20)11-5-6-13-12(9-11)16-14(19)10-21-13/h5-6,9,18H,2-4,7-8,10H2,1H3,(H,16,19). The smallest absolute Gasteiger partial charge is 0.253 e. The van der Waals surface area contributed by atoms with Crippen LogP contribution in [0.2, 0.25) is 0 Å².